The number of allylic oxidation sites excluding steroid dienone is 1. The van der Waals surface area contributed by atoms with Crippen molar-refractivity contribution in [2.24, 2.45) is 11.7 Å². The van der Waals surface area contributed by atoms with Crippen LogP contribution in [0.2, 0.25) is 0 Å². The fraction of sp³-hybridized carbons (Fsp3) is 0.304. The van der Waals surface area contributed by atoms with E-state index in [9.17, 15) is 30.0 Å². The molecule has 0 radical (unpaired) electrons. The van der Waals surface area contributed by atoms with Crippen LogP contribution in [0.25, 0.3) is 5.76 Å². The molecule has 9 heteroatoms. The number of phenolic OH excluding ortho intramolecular Hbond substituents is 1. The Morgan fingerprint density at radius 2 is 1.56 bits per heavy atom. The lowest BCUT2D eigenvalue weighted by molar-refractivity contribution is 0.0991. The summed E-state index contributed by atoms with van der Waals surface area (Å²) in [6, 6.07) is 3.17. The average Bonchev–Trinajstić information content (AvgIpc) is 2.66. The second-order valence-corrected chi connectivity index (χ2v) is 8.58. The van der Waals surface area contributed by atoms with Gasteiger partial charge in [0, 0.05) is 39.5 Å². The van der Waals surface area contributed by atoms with E-state index in [1.165, 1.54) is 6.07 Å². The van der Waals surface area contributed by atoms with E-state index in [1.54, 1.807) is 25.1 Å². The minimum absolute atomic E-state index is 0.0531. The van der Waals surface area contributed by atoms with Crippen LogP contribution >= 0.6 is 0 Å². The highest BCUT2D eigenvalue weighted by Crippen LogP contribution is 2.52. The maximum atomic E-state index is 13.5. The lowest BCUT2D eigenvalue weighted by Gasteiger charge is -2.36. The molecule has 4 rings (SSSR count). The quantitative estimate of drug-likeness (QED) is 0.487. The molecule has 2 aliphatic rings. The Morgan fingerprint density at radius 3 is 2.12 bits per heavy atom. The van der Waals surface area contributed by atoms with Crippen LogP contribution in [0, 0.1) is 5.92 Å². The van der Waals surface area contributed by atoms with Crippen LogP contribution in [0.5, 0.6) is 17.2 Å². The number of Topliss-reactive ketones (excluding diaryl/α,β-unsaturated/α-hetero) is 1. The number of carbonyl (C=O) groups excluding carboxylic acids is 2. The zero-order chi connectivity index (χ0) is 23.6. The first kappa shape index (κ1) is 21.4. The number of hydrogen-bond donors (Lipinski definition) is 5. The van der Waals surface area contributed by atoms with Gasteiger partial charge >= 0.3 is 0 Å². The van der Waals surface area contributed by atoms with E-state index in [0.717, 1.165) is 5.69 Å². The minimum Gasteiger partial charge on any atom is -0.507 e. The maximum Gasteiger partial charge on any atom is 0.256 e. The van der Waals surface area contributed by atoms with Crippen molar-refractivity contribution in [1.29, 1.82) is 0 Å². The van der Waals surface area contributed by atoms with Gasteiger partial charge < -0.3 is 36.0 Å². The van der Waals surface area contributed by atoms with Crippen LogP contribution in [0.4, 0.5) is 11.4 Å². The number of ketones is 1. The van der Waals surface area contributed by atoms with Crippen LogP contribution < -0.4 is 15.5 Å². The van der Waals surface area contributed by atoms with Crippen molar-refractivity contribution in [1.82, 2.24) is 0 Å². The highest BCUT2D eigenvalue weighted by Gasteiger charge is 2.43. The number of nitrogens with zero attached hydrogens (tertiary/aromatic N) is 2. The molecule has 1 atom stereocenters. The third-order valence-electron chi connectivity index (χ3n) is 6.24. The third kappa shape index (κ3) is 2.77. The van der Waals surface area contributed by atoms with Crippen LogP contribution in [0.15, 0.2) is 17.7 Å². The van der Waals surface area contributed by atoms with Crippen LogP contribution in [-0.2, 0) is 12.8 Å². The topological polar surface area (TPSA) is 148 Å². The van der Waals surface area contributed by atoms with Crippen molar-refractivity contribution in [3.63, 3.8) is 0 Å². The fourth-order valence-corrected chi connectivity index (χ4v) is 4.96. The average molecular weight is 439 g/mol. The molecular formula is C23H25N3O6. The van der Waals surface area contributed by atoms with Crippen LogP contribution in [-0.4, -0.2) is 60.3 Å². The summed E-state index contributed by atoms with van der Waals surface area (Å²) in [7, 11) is 6.97. The molecule has 32 heavy (non-hydrogen) atoms. The Labute approximate surface area is 184 Å². The Kier molecular flexibility index (Phi) is 4.73. The SMILES string of the molecule is CN(C)c1ccc(O)c2c1C[C@H]1Cc3c(c(O)c(C(N)=O)c(O)c3N(C)C)C(O)=C1C2=O. The van der Waals surface area contributed by atoms with Crippen LogP contribution in [0.3, 0.4) is 0 Å². The molecule has 0 fully saturated rings. The molecule has 0 aromatic heterocycles. The number of aliphatic hydroxyl groups excluding tert-OH is 1. The molecule has 9 nitrogen and oxygen atoms in total. The molecule has 0 heterocycles. The summed E-state index contributed by atoms with van der Waals surface area (Å²) in [5.74, 6) is -3.90. The molecule has 1 amide bonds. The van der Waals surface area contributed by atoms with Gasteiger partial charge in [-0.15, -0.1) is 0 Å². The van der Waals surface area contributed by atoms with Crippen molar-refractivity contribution >= 4 is 28.8 Å². The van der Waals surface area contributed by atoms with E-state index in [2.05, 4.69) is 0 Å². The largest absolute Gasteiger partial charge is 0.507 e. The molecule has 0 saturated heterocycles. The van der Waals surface area contributed by atoms with E-state index in [1.807, 2.05) is 19.0 Å². The number of nitrogens with two attached hydrogens (primary N) is 1. The number of aromatic hydroxyl groups is 3. The zero-order valence-electron chi connectivity index (χ0n) is 18.2. The predicted molar refractivity (Wildman–Crippen MR) is 120 cm³/mol. The number of fused-ring (bicyclic) bond motifs is 3. The lowest BCUT2D eigenvalue weighted by Crippen LogP contribution is -2.32. The van der Waals surface area contributed by atoms with Crippen molar-refractivity contribution in [3.05, 3.63) is 45.5 Å². The number of rotatable bonds is 3. The number of benzene rings is 2. The molecule has 0 spiro atoms. The second kappa shape index (κ2) is 7.08. The van der Waals surface area contributed by atoms with Gasteiger partial charge in [-0.05, 0) is 42.0 Å². The smallest absolute Gasteiger partial charge is 0.256 e. The number of phenols is 3. The fourth-order valence-electron chi connectivity index (χ4n) is 4.96. The van der Waals surface area contributed by atoms with Crippen molar-refractivity contribution in [2.45, 2.75) is 12.8 Å². The first-order valence-corrected chi connectivity index (χ1v) is 10.1. The van der Waals surface area contributed by atoms with Crippen molar-refractivity contribution in [3.8, 4) is 17.2 Å². The van der Waals surface area contributed by atoms with E-state index in [4.69, 9.17) is 5.73 Å². The van der Waals surface area contributed by atoms with Gasteiger partial charge in [0.1, 0.15) is 22.8 Å². The standard InChI is InChI=1S/C23H25N3O6/c1-25(2)12-5-6-13(27)15-10(12)7-9-8-11-16(20(29)14(9)19(15)28)21(30)17(23(24)32)22(31)18(11)26(3)4/h5-6,9,27,29-31H,7-8H2,1-4H3,(H2,24,32)/t9-/m0/s1. The molecule has 0 aliphatic heterocycles. The van der Waals surface area contributed by atoms with E-state index in [0.29, 0.717) is 17.5 Å². The Hall–Kier alpha value is -3.88. The zero-order valence-corrected chi connectivity index (χ0v) is 18.2. The van der Waals surface area contributed by atoms with Gasteiger partial charge in [-0.25, -0.2) is 0 Å². The number of primary amides is 1. The van der Waals surface area contributed by atoms with Gasteiger partial charge in [-0.1, -0.05) is 0 Å². The molecule has 2 aromatic carbocycles. The molecule has 2 aromatic rings. The highest BCUT2D eigenvalue weighted by molar-refractivity contribution is 6.18. The number of anilines is 2. The predicted octanol–water partition coefficient (Wildman–Crippen LogP) is 1.91. The maximum absolute atomic E-state index is 13.5. The summed E-state index contributed by atoms with van der Waals surface area (Å²) in [6.07, 6.45) is 0.573. The third-order valence-corrected chi connectivity index (χ3v) is 6.24. The van der Waals surface area contributed by atoms with E-state index >= 15 is 0 Å². The first-order valence-electron chi connectivity index (χ1n) is 10.1. The number of amides is 1. The summed E-state index contributed by atoms with van der Waals surface area (Å²) in [5.41, 5.74) is 6.98. The minimum atomic E-state index is -1.07. The molecule has 0 bridgehead atoms. The number of hydrogen-bond acceptors (Lipinski definition) is 8. The summed E-state index contributed by atoms with van der Waals surface area (Å²) in [5, 5.41) is 43.1. The molecule has 6 N–H and O–H groups in total. The Balaban J connectivity index is 2.05. The normalized spacial score (nSPS) is 16.9. The van der Waals surface area contributed by atoms with Crippen molar-refractivity contribution in [2.75, 3.05) is 38.0 Å². The number of aliphatic hydroxyl groups is 1. The highest BCUT2D eigenvalue weighted by atomic mass is 16.3. The second-order valence-electron chi connectivity index (χ2n) is 8.58. The van der Waals surface area contributed by atoms with Crippen molar-refractivity contribution < 1.29 is 30.0 Å². The Bertz CT molecular complexity index is 1230. The summed E-state index contributed by atoms with van der Waals surface area (Å²) in [4.78, 5) is 28.8. The van der Waals surface area contributed by atoms with Gasteiger partial charge in [-0.3, -0.25) is 9.59 Å². The molecule has 0 saturated carbocycles. The van der Waals surface area contributed by atoms with Gasteiger partial charge in [-0.2, -0.15) is 0 Å². The molecular weight excluding hydrogens is 414 g/mol. The molecule has 0 unspecified atom stereocenters. The summed E-state index contributed by atoms with van der Waals surface area (Å²) < 4.78 is 0. The first-order chi connectivity index (χ1) is 15.0. The van der Waals surface area contributed by atoms with Crippen LogP contribution in [0.1, 0.15) is 37.4 Å². The lowest BCUT2D eigenvalue weighted by atomic mass is 9.70. The van der Waals surface area contributed by atoms with Gasteiger partial charge in [0.15, 0.2) is 11.5 Å². The van der Waals surface area contributed by atoms with E-state index in [-0.39, 0.29) is 34.6 Å². The monoisotopic (exact) mass is 439 g/mol. The molecule has 2 aliphatic carbocycles. The number of carbonyl (C=O) groups is 2. The van der Waals surface area contributed by atoms with Gasteiger partial charge in [0.2, 0.25) is 0 Å². The summed E-state index contributed by atoms with van der Waals surface area (Å²) >= 11 is 0. The van der Waals surface area contributed by atoms with Gasteiger partial charge in [0.25, 0.3) is 5.91 Å². The van der Waals surface area contributed by atoms with Gasteiger partial charge in [0.05, 0.1) is 16.8 Å². The summed E-state index contributed by atoms with van der Waals surface area (Å²) in [6.45, 7) is 0. The van der Waals surface area contributed by atoms with E-state index < -0.39 is 40.4 Å². The Morgan fingerprint density at radius 1 is 0.938 bits per heavy atom. The molecule has 168 valence electrons.